The van der Waals surface area contributed by atoms with Crippen LogP contribution in [0.4, 0.5) is 0 Å². The van der Waals surface area contributed by atoms with E-state index < -0.39 is 0 Å². The number of hydrogen-bond acceptors (Lipinski definition) is 3. The van der Waals surface area contributed by atoms with Gasteiger partial charge in [-0.2, -0.15) is 0 Å². The van der Waals surface area contributed by atoms with Crippen molar-refractivity contribution in [2.75, 3.05) is 19.7 Å². The highest BCUT2D eigenvalue weighted by Crippen LogP contribution is 2.34. The first kappa shape index (κ1) is 13.0. The standard InChI is InChI=1S/C14H20N2O2/c1-2-14(11-17)6-9-16(10-7-14)13(18)12-5-3-4-8-15-12/h3-5,8,17H,2,6-7,9-11H2,1H3. The van der Waals surface area contributed by atoms with Gasteiger partial charge in [-0.3, -0.25) is 9.78 Å². The third-order valence-corrected chi connectivity index (χ3v) is 4.08. The molecule has 1 amide bonds. The Morgan fingerprint density at radius 1 is 1.44 bits per heavy atom. The van der Waals surface area contributed by atoms with Gasteiger partial charge in [0.25, 0.3) is 5.91 Å². The van der Waals surface area contributed by atoms with E-state index in [0.717, 1.165) is 19.3 Å². The molecule has 98 valence electrons. The smallest absolute Gasteiger partial charge is 0.272 e. The molecule has 1 N–H and O–H groups in total. The van der Waals surface area contributed by atoms with Gasteiger partial charge in [-0.25, -0.2) is 0 Å². The topological polar surface area (TPSA) is 53.4 Å². The summed E-state index contributed by atoms with van der Waals surface area (Å²) in [5.41, 5.74) is 0.520. The lowest BCUT2D eigenvalue weighted by atomic mass is 9.77. The highest BCUT2D eigenvalue weighted by molar-refractivity contribution is 5.92. The van der Waals surface area contributed by atoms with Crippen molar-refractivity contribution < 1.29 is 9.90 Å². The zero-order chi connectivity index (χ0) is 13.0. The second kappa shape index (κ2) is 5.48. The van der Waals surface area contributed by atoms with Crippen LogP contribution in [0.1, 0.15) is 36.7 Å². The monoisotopic (exact) mass is 248 g/mol. The fourth-order valence-corrected chi connectivity index (χ4v) is 2.46. The number of piperidine rings is 1. The van der Waals surface area contributed by atoms with Crippen LogP contribution in [0.5, 0.6) is 0 Å². The Labute approximate surface area is 108 Å². The lowest BCUT2D eigenvalue weighted by molar-refractivity contribution is 0.0335. The normalized spacial score (nSPS) is 18.7. The van der Waals surface area contributed by atoms with E-state index in [-0.39, 0.29) is 17.9 Å². The summed E-state index contributed by atoms with van der Waals surface area (Å²) in [4.78, 5) is 18.1. The van der Waals surface area contributed by atoms with Gasteiger partial charge in [-0.15, -0.1) is 0 Å². The number of aliphatic hydroxyl groups excluding tert-OH is 1. The molecule has 0 unspecified atom stereocenters. The number of pyridine rings is 1. The fraction of sp³-hybridized carbons (Fsp3) is 0.571. The van der Waals surface area contributed by atoms with Crippen LogP contribution in [0, 0.1) is 5.41 Å². The van der Waals surface area contributed by atoms with Crippen LogP contribution in [0.15, 0.2) is 24.4 Å². The van der Waals surface area contributed by atoms with E-state index in [1.165, 1.54) is 0 Å². The lowest BCUT2D eigenvalue weighted by Crippen LogP contribution is -2.44. The molecule has 1 saturated heterocycles. The van der Waals surface area contributed by atoms with E-state index in [1.54, 1.807) is 18.3 Å². The van der Waals surface area contributed by atoms with Crippen molar-refractivity contribution >= 4 is 5.91 Å². The van der Waals surface area contributed by atoms with Crippen LogP contribution in [-0.4, -0.2) is 40.6 Å². The molecule has 1 aromatic rings. The van der Waals surface area contributed by atoms with E-state index in [9.17, 15) is 9.90 Å². The van der Waals surface area contributed by atoms with Crippen molar-refractivity contribution in [2.24, 2.45) is 5.41 Å². The average Bonchev–Trinajstić information content (AvgIpc) is 2.47. The minimum atomic E-state index is -0.00163. The number of carbonyl (C=O) groups excluding carboxylic acids is 1. The second-order valence-electron chi connectivity index (χ2n) is 5.02. The van der Waals surface area contributed by atoms with Crippen LogP contribution < -0.4 is 0 Å². The van der Waals surface area contributed by atoms with E-state index in [2.05, 4.69) is 11.9 Å². The van der Waals surface area contributed by atoms with Gasteiger partial charge >= 0.3 is 0 Å². The van der Waals surface area contributed by atoms with Crippen LogP contribution in [-0.2, 0) is 0 Å². The summed E-state index contributed by atoms with van der Waals surface area (Å²) < 4.78 is 0. The van der Waals surface area contributed by atoms with Gasteiger partial charge in [-0.05, 0) is 36.8 Å². The third-order valence-electron chi connectivity index (χ3n) is 4.08. The van der Waals surface area contributed by atoms with Crippen molar-refractivity contribution in [1.29, 1.82) is 0 Å². The Hall–Kier alpha value is -1.42. The van der Waals surface area contributed by atoms with Crippen LogP contribution >= 0.6 is 0 Å². The molecule has 0 spiro atoms. The molecule has 0 aliphatic carbocycles. The Morgan fingerprint density at radius 2 is 2.17 bits per heavy atom. The molecule has 4 heteroatoms. The number of aromatic nitrogens is 1. The zero-order valence-electron chi connectivity index (χ0n) is 10.8. The first-order chi connectivity index (χ1) is 8.71. The predicted octanol–water partition coefficient (Wildman–Crippen LogP) is 1.71. The Morgan fingerprint density at radius 3 is 2.67 bits per heavy atom. The Kier molecular flexibility index (Phi) is 3.97. The van der Waals surface area contributed by atoms with Crippen LogP contribution in [0.25, 0.3) is 0 Å². The maximum Gasteiger partial charge on any atom is 0.272 e. The number of rotatable bonds is 3. The summed E-state index contributed by atoms with van der Waals surface area (Å²) >= 11 is 0. The summed E-state index contributed by atoms with van der Waals surface area (Å²) in [5.74, 6) is -0.00163. The summed E-state index contributed by atoms with van der Waals surface area (Å²) in [6.45, 7) is 3.75. The molecule has 0 aromatic carbocycles. The second-order valence-corrected chi connectivity index (χ2v) is 5.02. The van der Waals surface area contributed by atoms with Crippen molar-refractivity contribution in [2.45, 2.75) is 26.2 Å². The van der Waals surface area contributed by atoms with Gasteiger partial charge in [0.05, 0.1) is 0 Å². The number of likely N-dealkylation sites (tertiary alicyclic amines) is 1. The van der Waals surface area contributed by atoms with Crippen molar-refractivity contribution in [1.82, 2.24) is 9.88 Å². The first-order valence-electron chi connectivity index (χ1n) is 6.52. The molecule has 2 rings (SSSR count). The minimum Gasteiger partial charge on any atom is -0.396 e. The summed E-state index contributed by atoms with van der Waals surface area (Å²) in [7, 11) is 0. The molecule has 4 nitrogen and oxygen atoms in total. The SMILES string of the molecule is CCC1(CO)CCN(C(=O)c2ccccn2)CC1. The largest absolute Gasteiger partial charge is 0.396 e. The quantitative estimate of drug-likeness (QED) is 0.886. The summed E-state index contributed by atoms with van der Waals surface area (Å²) in [6, 6.07) is 5.38. The molecular formula is C14H20N2O2. The molecular weight excluding hydrogens is 228 g/mol. The molecule has 1 aromatic heterocycles. The van der Waals surface area contributed by atoms with Crippen LogP contribution in [0.3, 0.4) is 0 Å². The van der Waals surface area contributed by atoms with Gasteiger partial charge in [0.15, 0.2) is 0 Å². The van der Waals surface area contributed by atoms with E-state index in [1.807, 2.05) is 11.0 Å². The van der Waals surface area contributed by atoms with Gasteiger partial charge in [0.2, 0.25) is 0 Å². The van der Waals surface area contributed by atoms with Crippen LogP contribution in [0.2, 0.25) is 0 Å². The molecule has 1 aliphatic heterocycles. The van der Waals surface area contributed by atoms with Crippen molar-refractivity contribution in [3.63, 3.8) is 0 Å². The molecule has 0 bridgehead atoms. The third kappa shape index (κ3) is 2.53. The number of aliphatic hydroxyl groups is 1. The summed E-state index contributed by atoms with van der Waals surface area (Å²) in [6.07, 6.45) is 4.35. The summed E-state index contributed by atoms with van der Waals surface area (Å²) in [5, 5.41) is 9.47. The molecule has 2 heterocycles. The van der Waals surface area contributed by atoms with E-state index in [4.69, 9.17) is 0 Å². The molecule has 18 heavy (non-hydrogen) atoms. The number of nitrogens with zero attached hydrogens (tertiary/aromatic N) is 2. The zero-order valence-corrected chi connectivity index (χ0v) is 10.8. The van der Waals surface area contributed by atoms with Crippen molar-refractivity contribution in [3.05, 3.63) is 30.1 Å². The fourth-order valence-electron chi connectivity index (χ4n) is 2.46. The average molecular weight is 248 g/mol. The molecule has 0 radical (unpaired) electrons. The highest BCUT2D eigenvalue weighted by atomic mass is 16.3. The molecule has 0 atom stereocenters. The molecule has 1 fully saturated rings. The van der Waals surface area contributed by atoms with E-state index in [0.29, 0.717) is 18.8 Å². The van der Waals surface area contributed by atoms with Gasteiger partial charge < -0.3 is 10.0 Å². The van der Waals surface area contributed by atoms with Gasteiger partial charge in [-0.1, -0.05) is 13.0 Å². The number of amides is 1. The molecule has 1 aliphatic rings. The van der Waals surface area contributed by atoms with Gasteiger partial charge in [0.1, 0.15) is 5.69 Å². The maximum atomic E-state index is 12.2. The lowest BCUT2D eigenvalue weighted by Gasteiger charge is -2.40. The van der Waals surface area contributed by atoms with E-state index >= 15 is 0 Å². The number of hydrogen-bond donors (Lipinski definition) is 1. The van der Waals surface area contributed by atoms with Crippen molar-refractivity contribution in [3.8, 4) is 0 Å². The Bertz CT molecular complexity index is 392. The Balaban J connectivity index is 2.00. The number of carbonyl (C=O) groups is 1. The highest BCUT2D eigenvalue weighted by Gasteiger charge is 2.34. The molecule has 0 saturated carbocycles. The minimum absolute atomic E-state index is 0.00163. The van der Waals surface area contributed by atoms with Gasteiger partial charge in [0, 0.05) is 25.9 Å². The predicted molar refractivity (Wildman–Crippen MR) is 69.2 cm³/mol. The first-order valence-corrected chi connectivity index (χ1v) is 6.52. The maximum absolute atomic E-state index is 12.2.